The Kier molecular flexibility index (Phi) is 6.00. The Morgan fingerprint density at radius 2 is 1.92 bits per heavy atom. The van der Waals surface area contributed by atoms with Crippen molar-refractivity contribution in [2.75, 3.05) is 13.2 Å². The Morgan fingerprint density at radius 3 is 2.42 bits per heavy atom. The van der Waals surface area contributed by atoms with Gasteiger partial charge >= 0.3 is 5.97 Å². The van der Waals surface area contributed by atoms with Gasteiger partial charge in [0.1, 0.15) is 0 Å². The van der Waals surface area contributed by atoms with Crippen molar-refractivity contribution in [1.29, 1.82) is 0 Å². The van der Waals surface area contributed by atoms with Crippen LogP contribution in [0.15, 0.2) is 0 Å². The quantitative estimate of drug-likeness (QED) is 0.404. The maximum absolute atomic E-state index is 10.7. The van der Waals surface area contributed by atoms with Gasteiger partial charge in [0.05, 0.1) is 13.0 Å². The molecule has 5 heteroatoms. The molecule has 0 bridgehead atoms. The van der Waals surface area contributed by atoms with E-state index in [0.717, 1.165) is 0 Å². The van der Waals surface area contributed by atoms with E-state index < -0.39 is 0 Å². The minimum atomic E-state index is -0.384. The zero-order valence-electron chi connectivity index (χ0n) is 6.91. The van der Waals surface area contributed by atoms with Gasteiger partial charge < -0.3 is 16.2 Å². The summed E-state index contributed by atoms with van der Waals surface area (Å²) in [6, 6.07) is 0. The highest BCUT2D eigenvalue weighted by Crippen LogP contribution is 1.91. The van der Waals surface area contributed by atoms with E-state index in [-0.39, 0.29) is 37.9 Å². The third-order valence-electron chi connectivity index (χ3n) is 1.18. The minimum Gasteiger partial charge on any atom is -0.466 e. The Morgan fingerprint density at radius 1 is 1.25 bits per heavy atom. The zero-order chi connectivity index (χ0) is 9.40. The first-order chi connectivity index (χ1) is 5.66. The molecule has 12 heavy (non-hydrogen) atoms. The molecule has 0 aliphatic heterocycles. The summed E-state index contributed by atoms with van der Waals surface area (Å²) in [5, 5.41) is 0. The van der Waals surface area contributed by atoms with Crippen LogP contribution >= 0.6 is 0 Å². The average molecular weight is 174 g/mol. The van der Waals surface area contributed by atoms with Gasteiger partial charge in [0, 0.05) is 13.0 Å². The maximum Gasteiger partial charge on any atom is 0.307 e. The van der Waals surface area contributed by atoms with Crippen LogP contribution < -0.4 is 11.5 Å². The highest BCUT2D eigenvalue weighted by atomic mass is 16.5. The Bertz CT molecular complexity index is 159. The first kappa shape index (κ1) is 10.9. The molecule has 1 amide bonds. The van der Waals surface area contributed by atoms with Crippen molar-refractivity contribution in [3.8, 4) is 0 Å². The lowest BCUT2D eigenvalue weighted by Crippen LogP contribution is -2.14. The molecule has 0 aliphatic carbocycles. The van der Waals surface area contributed by atoms with E-state index in [1.54, 1.807) is 0 Å². The number of rotatable bonds is 6. The number of nitrogens with two attached hydrogens (primary N) is 2. The SMILES string of the molecule is NCCC(=O)OCCCC(N)=O. The predicted molar refractivity (Wildman–Crippen MR) is 43.1 cm³/mol. The van der Waals surface area contributed by atoms with Crippen molar-refractivity contribution in [1.82, 2.24) is 0 Å². The number of primary amides is 1. The van der Waals surface area contributed by atoms with E-state index >= 15 is 0 Å². The second-order valence-corrected chi connectivity index (χ2v) is 2.33. The zero-order valence-corrected chi connectivity index (χ0v) is 6.91. The topological polar surface area (TPSA) is 95.4 Å². The predicted octanol–water partition coefficient (Wildman–Crippen LogP) is -0.856. The monoisotopic (exact) mass is 174 g/mol. The molecule has 0 atom stereocenters. The highest BCUT2D eigenvalue weighted by molar-refractivity contribution is 5.73. The molecule has 0 heterocycles. The number of amides is 1. The summed E-state index contributed by atoms with van der Waals surface area (Å²) in [6.45, 7) is 0.524. The first-order valence-electron chi connectivity index (χ1n) is 3.81. The van der Waals surface area contributed by atoms with Gasteiger partial charge in [-0.25, -0.2) is 0 Å². The second-order valence-electron chi connectivity index (χ2n) is 2.33. The van der Waals surface area contributed by atoms with Gasteiger partial charge in [0.25, 0.3) is 0 Å². The molecule has 0 aromatic carbocycles. The molecule has 0 radical (unpaired) electrons. The first-order valence-corrected chi connectivity index (χ1v) is 3.81. The lowest BCUT2D eigenvalue weighted by molar-refractivity contribution is -0.143. The van der Waals surface area contributed by atoms with Crippen LogP contribution in [0.3, 0.4) is 0 Å². The van der Waals surface area contributed by atoms with Crippen LogP contribution in [0.2, 0.25) is 0 Å². The molecule has 0 rings (SSSR count). The van der Waals surface area contributed by atoms with Crippen molar-refractivity contribution in [2.24, 2.45) is 11.5 Å². The number of hydrogen-bond donors (Lipinski definition) is 2. The molecule has 0 aromatic rings. The van der Waals surface area contributed by atoms with E-state index in [1.807, 2.05) is 0 Å². The Labute approximate surface area is 71.0 Å². The average Bonchev–Trinajstić information content (AvgIpc) is 1.98. The van der Waals surface area contributed by atoms with Gasteiger partial charge in [-0.2, -0.15) is 0 Å². The van der Waals surface area contributed by atoms with Crippen LogP contribution in [0.5, 0.6) is 0 Å². The molecule has 0 saturated heterocycles. The van der Waals surface area contributed by atoms with Crippen LogP contribution in [-0.4, -0.2) is 25.0 Å². The molecule has 70 valence electrons. The summed E-state index contributed by atoms with van der Waals surface area (Å²) in [7, 11) is 0. The summed E-state index contributed by atoms with van der Waals surface area (Å²) in [4.78, 5) is 20.9. The molecule has 0 saturated carbocycles. The third kappa shape index (κ3) is 7.01. The van der Waals surface area contributed by atoms with Gasteiger partial charge in [-0.05, 0) is 6.42 Å². The standard InChI is InChI=1S/C7H14N2O3/c8-4-3-7(11)12-5-1-2-6(9)10/h1-5,8H2,(H2,9,10). The summed E-state index contributed by atoms with van der Waals surface area (Å²) >= 11 is 0. The smallest absolute Gasteiger partial charge is 0.307 e. The molecular weight excluding hydrogens is 160 g/mol. The summed E-state index contributed by atoms with van der Waals surface area (Å²) in [6.07, 6.45) is 0.943. The van der Waals surface area contributed by atoms with Crippen LogP contribution in [0.1, 0.15) is 19.3 Å². The van der Waals surface area contributed by atoms with Gasteiger partial charge in [0.15, 0.2) is 0 Å². The molecule has 0 spiro atoms. The van der Waals surface area contributed by atoms with E-state index in [2.05, 4.69) is 0 Å². The number of esters is 1. The van der Waals surface area contributed by atoms with Crippen molar-refractivity contribution < 1.29 is 14.3 Å². The van der Waals surface area contributed by atoms with Crippen molar-refractivity contribution >= 4 is 11.9 Å². The fourth-order valence-corrected chi connectivity index (χ4v) is 0.622. The van der Waals surface area contributed by atoms with Gasteiger partial charge in [0.2, 0.25) is 5.91 Å². The Hall–Kier alpha value is -1.10. The third-order valence-corrected chi connectivity index (χ3v) is 1.18. The lowest BCUT2D eigenvalue weighted by Gasteiger charge is -2.01. The summed E-state index contributed by atoms with van der Waals surface area (Å²) in [5.41, 5.74) is 9.98. The van der Waals surface area contributed by atoms with Gasteiger partial charge in [-0.15, -0.1) is 0 Å². The maximum atomic E-state index is 10.7. The van der Waals surface area contributed by atoms with Gasteiger partial charge in [-0.1, -0.05) is 0 Å². The normalized spacial score (nSPS) is 9.42. The lowest BCUT2D eigenvalue weighted by atomic mass is 10.3. The number of carbonyl (C=O) groups excluding carboxylic acids is 2. The molecule has 4 N–H and O–H groups in total. The van der Waals surface area contributed by atoms with Crippen molar-refractivity contribution in [3.63, 3.8) is 0 Å². The van der Waals surface area contributed by atoms with Gasteiger partial charge in [-0.3, -0.25) is 9.59 Å². The highest BCUT2D eigenvalue weighted by Gasteiger charge is 2.00. The summed E-state index contributed by atoms with van der Waals surface area (Å²) < 4.78 is 4.71. The fraction of sp³-hybridized carbons (Fsp3) is 0.714. The van der Waals surface area contributed by atoms with Crippen LogP contribution in [0.25, 0.3) is 0 Å². The molecule has 0 aromatic heterocycles. The summed E-state index contributed by atoms with van der Waals surface area (Å²) in [5.74, 6) is -0.716. The number of carbonyl (C=O) groups is 2. The molecule has 5 nitrogen and oxygen atoms in total. The van der Waals surface area contributed by atoms with Crippen LogP contribution in [0, 0.1) is 0 Å². The van der Waals surface area contributed by atoms with Crippen LogP contribution in [0.4, 0.5) is 0 Å². The number of ether oxygens (including phenoxy) is 1. The van der Waals surface area contributed by atoms with Crippen molar-refractivity contribution in [3.05, 3.63) is 0 Å². The van der Waals surface area contributed by atoms with E-state index in [0.29, 0.717) is 6.42 Å². The molecular formula is C7H14N2O3. The molecule has 0 unspecified atom stereocenters. The molecule has 0 fully saturated rings. The number of hydrogen-bond acceptors (Lipinski definition) is 4. The van der Waals surface area contributed by atoms with E-state index in [1.165, 1.54) is 0 Å². The second kappa shape index (κ2) is 6.60. The molecule has 0 aliphatic rings. The Balaban J connectivity index is 3.19. The van der Waals surface area contributed by atoms with Crippen molar-refractivity contribution in [2.45, 2.75) is 19.3 Å². The minimum absolute atomic E-state index is 0.219. The van der Waals surface area contributed by atoms with Crippen LogP contribution in [-0.2, 0) is 14.3 Å². The van der Waals surface area contributed by atoms with E-state index in [4.69, 9.17) is 16.2 Å². The largest absolute Gasteiger partial charge is 0.466 e. The van der Waals surface area contributed by atoms with E-state index in [9.17, 15) is 9.59 Å². The fourth-order valence-electron chi connectivity index (χ4n) is 0.622.